The Morgan fingerprint density at radius 3 is 2.46 bits per heavy atom. The molecule has 1 aliphatic heterocycles. The lowest BCUT2D eigenvalue weighted by molar-refractivity contribution is -0.137. The van der Waals surface area contributed by atoms with Gasteiger partial charge in [0.2, 0.25) is 0 Å². The van der Waals surface area contributed by atoms with Crippen LogP contribution in [0.5, 0.6) is 0 Å². The number of halogens is 3. The number of piperidine rings is 1. The van der Waals surface area contributed by atoms with Crippen LogP contribution in [0.2, 0.25) is 0 Å². The third kappa shape index (κ3) is 6.48. The van der Waals surface area contributed by atoms with Crippen LogP contribution < -0.4 is 10.6 Å². The molecule has 2 aromatic rings. The van der Waals surface area contributed by atoms with E-state index in [0.29, 0.717) is 5.56 Å². The molecule has 1 aromatic heterocycles. The lowest BCUT2D eigenvalue weighted by atomic mass is 10.1. The van der Waals surface area contributed by atoms with Crippen molar-refractivity contribution < 1.29 is 18.0 Å². The molecule has 140 valence electrons. The summed E-state index contributed by atoms with van der Waals surface area (Å²) in [6.07, 6.45) is 0.719. The predicted molar refractivity (Wildman–Crippen MR) is 94.9 cm³/mol. The Morgan fingerprint density at radius 1 is 1.19 bits per heavy atom. The molecule has 0 saturated carbocycles. The van der Waals surface area contributed by atoms with Gasteiger partial charge < -0.3 is 10.6 Å². The lowest BCUT2D eigenvalue weighted by Crippen LogP contribution is -2.30. The van der Waals surface area contributed by atoms with E-state index in [1.807, 2.05) is 0 Å². The van der Waals surface area contributed by atoms with Crippen molar-refractivity contribution in [2.45, 2.75) is 38.4 Å². The van der Waals surface area contributed by atoms with Crippen LogP contribution in [0.4, 0.5) is 19.0 Å². The van der Waals surface area contributed by atoms with Crippen molar-refractivity contribution >= 4 is 11.7 Å². The Bertz CT molecular complexity index is 699. The first kappa shape index (κ1) is 19.9. The van der Waals surface area contributed by atoms with Crippen LogP contribution in [-0.4, -0.2) is 23.5 Å². The summed E-state index contributed by atoms with van der Waals surface area (Å²) in [4.78, 5) is 15.4. The predicted octanol–water partition coefficient (Wildman–Crippen LogP) is 4.50. The summed E-state index contributed by atoms with van der Waals surface area (Å²) in [5, 5.41) is 5.70. The highest BCUT2D eigenvalue weighted by Gasteiger charge is 2.30. The van der Waals surface area contributed by atoms with E-state index in [1.54, 1.807) is 30.3 Å². The molecule has 7 heteroatoms. The van der Waals surface area contributed by atoms with E-state index < -0.39 is 17.6 Å². The van der Waals surface area contributed by atoms with Gasteiger partial charge in [-0.3, -0.25) is 4.79 Å². The summed E-state index contributed by atoms with van der Waals surface area (Å²) in [6.45, 7) is 3.49. The molecule has 1 unspecified atom stereocenters. The molecule has 0 spiro atoms. The summed E-state index contributed by atoms with van der Waals surface area (Å²) in [5.74, 6) is -0.642. The van der Waals surface area contributed by atoms with Crippen LogP contribution in [0, 0.1) is 0 Å². The van der Waals surface area contributed by atoms with E-state index >= 15 is 0 Å². The van der Waals surface area contributed by atoms with Gasteiger partial charge in [0.25, 0.3) is 5.91 Å². The standard InChI is InChI=1S/C13H9F3N2O.C6H13N/c14-13(15,16)10-6-7-17-11(8-10)18-12(19)9-4-2-1-3-5-9;1-6-4-2-3-5-7-6/h1-8H,(H,17,18,19);6-7H,2-5H2,1H3. The van der Waals surface area contributed by atoms with Crippen molar-refractivity contribution in [3.63, 3.8) is 0 Å². The molecule has 1 amide bonds. The van der Waals surface area contributed by atoms with Crippen LogP contribution in [0.1, 0.15) is 42.1 Å². The highest BCUT2D eigenvalue weighted by molar-refractivity contribution is 6.03. The van der Waals surface area contributed by atoms with Gasteiger partial charge in [-0.1, -0.05) is 24.6 Å². The van der Waals surface area contributed by atoms with E-state index in [0.717, 1.165) is 24.4 Å². The van der Waals surface area contributed by atoms with Crippen LogP contribution in [0.3, 0.4) is 0 Å². The minimum atomic E-state index is -4.46. The van der Waals surface area contributed by atoms with Crippen molar-refractivity contribution in [2.75, 3.05) is 11.9 Å². The summed E-state index contributed by atoms with van der Waals surface area (Å²) in [5.41, 5.74) is -0.507. The van der Waals surface area contributed by atoms with E-state index in [2.05, 4.69) is 22.5 Å². The van der Waals surface area contributed by atoms with Crippen molar-refractivity contribution in [3.05, 3.63) is 59.8 Å². The molecule has 2 N–H and O–H groups in total. The number of aromatic nitrogens is 1. The third-order valence-electron chi connectivity index (χ3n) is 3.92. The number of anilines is 1. The summed E-state index contributed by atoms with van der Waals surface area (Å²) in [7, 11) is 0. The number of benzene rings is 1. The number of carbonyl (C=O) groups is 1. The van der Waals surface area contributed by atoms with Crippen molar-refractivity contribution in [2.24, 2.45) is 0 Å². The molecule has 0 radical (unpaired) electrons. The number of rotatable bonds is 2. The van der Waals surface area contributed by atoms with Gasteiger partial charge in [0, 0.05) is 17.8 Å². The smallest absolute Gasteiger partial charge is 0.314 e. The molecule has 1 saturated heterocycles. The molecular weight excluding hydrogens is 343 g/mol. The van der Waals surface area contributed by atoms with Gasteiger partial charge in [0.15, 0.2) is 0 Å². The zero-order chi connectivity index (χ0) is 19.0. The maximum absolute atomic E-state index is 12.5. The Morgan fingerprint density at radius 2 is 1.92 bits per heavy atom. The number of nitrogens with one attached hydrogen (secondary N) is 2. The number of carbonyl (C=O) groups excluding carboxylic acids is 1. The van der Waals surface area contributed by atoms with Gasteiger partial charge in [-0.05, 0) is 50.6 Å². The fourth-order valence-electron chi connectivity index (χ4n) is 2.48. The maximum Gasteiger partial charge on any atom is 0.416 e. The molecule has 1 atom stereocenters. The molecule has 1 aromatic carbocycles. The quantitative estimate of drug-likeness (QED) is 0.824. The summed E-state index contributed by atoms with van der Waals surface area (Å²) < 4.78 is 37.5. The molecule has 3 rings (SSSR count). The fourth-order valence-corrected chi connectivity index (χ4v) is 2.48. The lowest BCUT2D eigenvalue weighted by Gasteiger charge is -2.18. The van der Waals surface area contributed by atoms with Gasteiger partial charge in [-0.15, -0.1) is 0 Å². The highest BCUT2D eigenvalue weighted by Crippen LogP contribution is 2.29. The average molecular weight is 365 g/mol. The van der Waals surface area contributed by atoms with Crippen LogP contribution in [-0.2, 0) is 6.18 Å². The van der Waals surface area contributed by atoms with Gasteiger partial charge in [-0.25, -0.2) is 4.98 Å². The normalized spacial score (nSPS) is 17.0. The summed E-state index contributed by atoms with van der Waals surface area (Å²) >= 11 is 0. The number of hydrogen-bond donors (Lipinski definition) is 2. The Labute approximate surface area is 150 Å². The zero-order valence-corrected chi connectivity index (χ0v) is 14.5. The molecular formula is C19H22F3N3O. The molecule has 1 aliphatic rings. The van der Waals surface area contributed by atoms with Gasteiger partial charge in [-0.2, -0.15) is 13.2 Å². The van der Waals surface area contributed by atoms with Gasteiger partial charge in [0.05, 0.1) is 5.56 Å². The molecule has 2 heterocycles. The second-order valence-corrected chi connectivity index (χ2v) is 6.10. The maximum atomic E-state index is 12.5. The van der Waals surface area contributed by atoms with Crippen LogP contribution in [0.25, 0.3) is 0 Å². The van der Waals surface area contributed by atoms with Crippen molar-refractivity contribution in [1.82, 2.24) is 10.3 Å². The largest absolute Gasteiger partial charge is 0.416 e. The minimum Gasteiger partial charge on any atom is -0.314 e. The van der Waals surface area contributed by atoms with Crippen molar-refractivity contribution in [1.29, 1.82) is 0 Å². The Hall–Kier alpha value is -2.41. The Kier molecular flexibility index (Phi) is 7.15. The molecule has 0 aliphatic carbocycles. The summed E-state index contributed by atoms with van der Waals surface area (Å²) in [6, 6.07) is 10.6. The first-order chi connectivity index (χ1) is 12.4. The van der Waals surface area contributed by atoms with Gasteiger partial charge >= 0.3 is 6.18 Å². The number of nitrogens with zero attached hydrogens (tertiary/aromatic N) is 1. The minimum absolute atomic E-state index is 0.135. The number of amides is 1. The van der Waals surface area contributed by atoms with Gasteiger partial charge in [0.1, 0.15) is 5.82 Å². The molecule has 4 nitrogen and oxygen atoms in total. The first-order valence-corrected chi connectivity index (χ1v) is 8.49. The van der Waals surface area contributed by atoms with Crippen LogP contribution >= 0.6 is 0 Å². The zero-order valence-electron chi connectivity index (χ0n) is 14.5. The molecule has 1 fully saturated rings. The second-order valence-electron chi connectivity index (χ2n) is 6.10. The Balaban J connectivity index is 0.000000290. The second kappa shape index (κ2) is 9.33. The number of alkyl halides is 3. The third-order valence-corrected chi connectivity index (χ3v) is 3.92. The van der Waals surface area contributed by atoms with E-state index in [4.69, 9.17) is 0 Å². The van der Waals surface area contributed by atoms with E-state index in [1.165, 1.54) is 25.8 Å². The molecule has 26 heavy (non-hydrogen) atoms. The van der Waals surface area contributed by atoms with E-state index in [9.17, 15) is 18.0 Å². The number of hydrogen-bond acceptors (Lipinski definition) is 3. The van der Waals surface area contributed by atoms with Crippen molar-refractivity contribution in [3.8, 4) is 0 Å². The monoisotopic (exact) mass is 365 g/mol. The van der Waals surface area contributed by atoms with E-state index in [-0.39, 0.29) is 5.82 Å². The molecule has 0 bridgehead atoms. The average Bonchev–Trinajstić information content (AvgIpc) is 2.63. The topological polar surface area (TPSA) is 54.0 Å². The first-order valence-electron chi connectivity index (χ1n) is 8.49. The highest BCUT2D eigenvalue weighted by atomic mass is 19.4. The van der Waals surface area contributed by atoms with Crippen LogP contribution in [0.15, 0.2) is 48.7 Å². The SMILES string of the molecule is CC1CCCCN1.O=C(Nc1cc(C(F)(F)F)ccn1)c1ccccc1. The number of pyridine rings is 1. The fraction of sp³-hybridized carbons (Fsp3) is 0.368.